The minimum Gasteiger partial charge on any atom is -0.373 e. The van der Waals surface area contributed by atoms with Crippen LogP contribution in [0.2, 0.25) is 0 Å². The molecule has 0 amide bonds. The summed E-state index contributed by atoms with van der Waals surface area (Å²) in [6.45, 7) is 10.1. The van der Waals surface area contributed by atoms with Gasteiger partial charge in [0.15, 0.2) is 0 Å². The monoisotopic (exact) mass is 466 g/mol. The molecule has 1 fully saturated rings. The molecule has 1 aliphatic carbocycles. The Balaban J connectivity index is 2.68. The Morgan fingerprint density at radius 2 is 2.00 bits per heavy atom. The Hall–Kier alpha value is -2.09. The average molecular weight is 467 g/mol. The van der Waals surface area contributed by atoms with E-state index in [9.17, 15) is 0 Å². The van der Waals surface area contributed by atoms with Crippen LogP contribution < -0.4 is 16.0 Å². The molecule has 0 saturated heterocycles. The molecule has 1 rings (SSSR count). The van der Waals surface area contributed by atoms with Crippen LogP contribution in [0, 0.1) is 36.0 Å². The fourth-order valence-electron chi connectivity index (χ4n) is 5.02. The lowest BCUT2D eigenvalue weighted by Gasteiger charge is -2.25. The van der Waals surface area contributed by atoms with Gasteiger partial charge in [0.25, 0.3) is 0 Å². The third-order valence-corrected chi connectivity index (χ3v) is 6.98. The van der Waals surface area contributed by atoms with Gasteiger partial charge in [-0.15, -0.1) is 6.42 Å². The first-order valence-corrected chi connectivity index (χ1v) is 13.2. The molecule has 0 aromatic rings. The lowest BCUT2D eigenvalue weighted by atomic mass is 9.87. The van der Waals surface area contributed by atoms with Crippen molar-refractivity contribution in [3.05, 3.63) is 48.6 Å². The van der Waals surface area contributed by atoms with Gasteiger partial charge in [0, 0.05) is 38.0 Å². The first-order valence-electron chi connectivity index (χ1n) is 13.2. The molecule has 2 unspecified atom stereocenters. The second-order valence-corrected chi connectivity index (χ2v) is 9.38. The van der Waals surface area contributed by atoms with Crippen LogP contribution in [0.1, 0.15) is 58.8 Å². The van der Waals surface area contributed by atoms with Gasteiger partial charge >= 0.3 is 0 Å². The van der Waals surface area contributed by atoms with Gasteiger partial charge in [0.2, 0.25) is 0 Å². The van der Waals surface area contributed by atoms with Gasteiger partial charge in [-0.05, 0) is 83.4 Å². The maximum atomic E-state index is 5.92. The van der Waals surface area contributed by atoms with Crippen molar-refractivity contribution in [2.24, 2.45) is 28.7 Å². The van der Waals surface area contributed by atoms with Crippen molar-refractivity contribution in [3.8, 4) is 12.3 Å². The van der Waals surface area contributed by atoms with Crippen molar-refractivity contribution in [2.75, 3.05) is 34.2 Å². The van der Waals surface area contributed by atoms with Crippen LogP contribution in [0.4, 0.5) is 0 Å². The smallest absolute Gasteiger partial charge is 0.0993 e. The van der Waals surface area contributed by atoms with Gasteiger partial charge in [0.1, 0.15) is 0 Å². The van der Waals surface area contributed by atoms with Crippen molar-refractivity contribution in [3.63, 3.8) is 0 Å². The molecule has 34 heavy (non-hydrogen) atoms. The normalized spacial score (nSPS) is 21.8. The molecule has 5 atom stereocenters. The number of rotatable bonds is 16. The second kappa shape index (κ2) is 18.3. The van der Waals surface area contributed by atoms with Crippen molar-refractivity contribution in [1.82, 2.24) is 16.0 Å². The van der Waals surface area contributed by atoms with Gasteiger partial charge < -0.3 is 16.0 Å². The highest BCUT2D eigenvalue weighted by atomic mass is 15.0. The fourth-order valence-corrected chi connectivity index (χ4v) is 5.02. The number of likely N-dealkylation sites (N-methyl/N-ethyl adjacent to an activating group) is 1. The fraction of sp³-hybridized carbons (Fsp3) is 0.633. The van der Waals surface area contributed by atoms with Crippen LogP contribution in [-0.2, 0) is 0 Å². The Morgan fingerprint density at radius 1 is 1.21 bits per heavy atom. The summed E-state index contributed by atoms with van der Waals surface area (Å²) in [6, 6.07) is 0.660. The van der Waals surface area contributed by atoms with Gasteiger partial charge in [-0.25, -0.2) is 0 Å². The number of hydrogen-bond acceptors (Lipinski definition) is 3. The largest absolute Gasteiger partial charge is 0.373 e. The zero-order valence-corrected chi connectivity index (χ0v) is 22.4. The quantitative estimate of drug-likeness (QED) is 0.0701. The van der Waals surface area contributed by atoms with Crippen LogP contribution >= 0.6 is 0 Å². The molecule has 0 aromatic carbocycles. The summed E-state index contributed by atoms with van der Waals surface area (Å²) in [5.74, 6) is 5.81. The van der Waals surface area contributed by atoms with Crippen LogP contribution in [0.15, 0.2) is 53.6 Å². The van der Waals surface area contributed by atoms with E-state index in [4.69, 9.17) is 6.42 Å². The Morgan fingerprint density at radius 3 is 2.59 bits per heavy atom. The van der Waals surface area contributed by atoms with Gasteiger partial charge in [-0.2, -0.15) is 0 Å². The first kappa shape index (κ1) is 29.9. The van der Waals surface area contributed by atoms with E-state index < -0.39 is 0 Å². The van der Waals surface area contributed by atoms with Gasteiger partial charge in [0.05, 0.1) is 5.84 Å². The van der Waals surface area contributed by atoms with E-state index in [1.807, 2.05) is 14.1 Å². The van der Waals surface area contributed by atoms with Crippen LogP contribution in [0.5, 0.6) is 0 Å². The predicted octanol–water partition coefficient (Wildman–Crippen LogP) is 5.52. The maximum absolute atomic E-state index is 5.92. The number of terminal acetylenes is 1. The molecular formula is C30H50N4. The molecular weight excluding hydrogens is 416 g/mol. The van der Waals surface area contributed by atoms with Gasteiger partial charge in [-0.1, -0.05) is 55.9 Å². The minimum atomic E-state index is 0.0720. The van der Waals surface area contributed by atoms with Crippen molar-refractivity contribution >= 4 is 5.84 Å². The van der Waals surface area contributed by atoms with Crippen LogP contribution in [0.3, 0.4) is 0 Å². The summed E-state index contributed by atoms with van der Waals surface area (Å²) in [7, 11) is 5.94. The number of hydrogen-bond donors (Lipinski definition) is 3. The van der Waals surface area contributed by atoms with Crippen molar-refractivity contribution in [1.29, 1.82) is 0 Å². The van der Waals surface area contributed by atoms with Gasteiger partial charge in [-0.3, -0.25) is 4.99 Å². The summed E-state index contributed by atoms with van der Waals surface area (Å²) in [4.78, 5) is 4.64. The second-order valence-electron chi connectivity index (χ2n) is 9.38. The lowest BCUT2D eigenvalue weighted by Crippen LogP contribution is -2.35. The summed E-state index contributed by atoms with van der Waals surface area (Å²) >= 11 is 0. The molecule has 4 heteroatoms. The van der Waals surface area contributed by atoms with Crippen LogP contribution in [-0.4, -0.2) is 46.1 Å². The summed E-state index contributed by atoms with van der Waals surface area (Å²) in [6.07, 6.45) is 27.1. The zero-order chi connectivity index (χ0) is 25.2. The van der Waals surface area contributed by atoms with Crippen molar-refractivity contribution in [2.45, 2.75) is 64.8 Å². The standard InChI is InChI=1S/C30H50N4/c1-8-11-12-15-26(25(9-2)18-17-24(4)23-31-5)16-13-14-21-34-30(33-7)29(10-3)27-19-20-28(22-27)32-6/h2,8,11,13,16-18,25-29,31-32H,4,10,12,14-15,19-23H2,1,3,5-7H3,(H,33,34)/b11-8-,16-13-,18-17-/t25?,26-,27+,28?,29+/m1/s1. The van der Waals surface area contributed by atoms with Crippen molar-refractivity contribution < 1.29 is 0 Å². The molecule has 0 aliphatic heterocycles. The van der Waals surface area contributed by atoms with Crippen LogP contribution in [0.25, 0.3) is 0 Å². The molecule has 1 aliphatic rings. The van der Waals surface area contributed by atoms with E-state index in [-0.39, 0.29) is 5.92 Å². The number of allylic oxidation sites excluding steroid dienone is 4. The first-order chi connectivity index (χ1) is 16.5. The SMILES string of the molecule is C#CC(/C=C\C(=C)CNC)[C@@H](/C=C\CCN/C(=N\C)[C@@H](CC)[C@H]1CCC(NC)C1)CC/C=C\C. The van der Waals surface area contributed by atoms with E-state index in [0.717, 1.165) is 50.3 Å². The lowest BCUT2D eigenvalue weighted by molar-refractivity contribution is 0.398. The maximum Gasteiger partial charge on any atom is 0.0993 e. The van der Waals surface area contributed by atoms with E-state index in [1.54, 1.807) is 0 Å². The van der Waals surface area contributed by atoms with E-state index >= 15 is 0 Å². The highest BCUT2D eigenvalue weighted by Crippen LogP contribution is 2.33. The molecule has 0 aromatic heterocycles. The number of aliphatic imine (C=N–C) groups is 1. The Bertz CT molecular complexity index is 725. The number of amidine groups is 1. The van der Waals surface area contributed by atoms with E-state index in [1.165, 1.54) is 25.1 Å². The Labute approximate surface area is 210 Å². The minimum absolute atomic E-state index is 0.0720. The Kier molecular flexibility index (Phi) is 16.1. The third-order valence-electron chi connectivity index (χ3n) is 6.98. The number of nitrogens with one attached hydrogen (secondary N) is 3. The molecule has 1 saturated carbocycles. The third kappa shape index (κ3) is 10.9. The zero-order valence-electron chi connectivity index (χ0n) is 22.4. The summed E-state index contributed by atoms with van der Waals surface area (Å²) in [5.41, 5.74) is 1.04. The molecule has 0 spiro atoms. The topological polar surface area (TPSA) is 48.5 Å². The molecule has 3 N–H and O–H groups in total. The number of nitrogens with zero attached hydrogens (tertiary/aromatic N) is 1. The molecule has 0 heterocycles. The van der Waals surface area contributed by atoms with E-state index in [0.29, 0.717) is 17.9 Å². The molecule has 190 valence electrons. The average Bonchev–Trinajstić information content (AvgIpc) is 3.32. The van der Waals surface area contributed by atoms with E-state index in [2.05, 4.69) is 90.8 Å². The highest BCUT2D eigenvalue weighted by Gasteiger charge is 2.31. The molecule has 4 nitrogen and oxygen atoms in total. The highest BCUT2D eigenvalue weighted by molar-refractivity contribution is 5.84. The summed E-state index contributed by atoms with van der Waals surface area (Å²) in [5, 5.41) is 10.2. The predicted molar refractivity (Wildman–Crippen MR) is 151 cm³/mol. The summed E-state index contributed by atoms with van der Waals surface area (Å²) < 4.78 is 0. The molecule has 0 radical (unpaired) electrons. The molecule has 0 bridgehead atoms.